The fraction of sp³-hybridized carbons (Fsp3) is 0.296. The van der Waals surface area contributed by atoms with Crippen LogP contribution in [0.5, 0.6) is 0 Å². The average Bonchev–Trinajstić information content (AvgIpc) is 2.78. The molecule has 1 heterocycles. The Hall–Kier alpha value is -2.98. The van der Waals surface area contributed by atoms with Gasteiger partial charge in [-0.1, -0.05) is 72.3 Å². The van der Waals surface area contributed by atoms with Gasteiger partial charge in [0, 0.05) is 26.2 Å². The molecule has 0 aromatic heterocycles. The van der Waals surface area contributed by atoms with Crippen molar-refractivity contribution in [2.45, 2.75) is 32.4 Å². The third-order valence-electron chi connectivity index (χ3n) is 6.02. The quantitative estimate of drug-likeness (QED) is 0.609. The van der Waals surface area contributed by atoms with Crippen LogP contribution < -0.4 is 5.32 Å². The third-order valence-corrected chi connectivity index (χ3v) is 6.02. The van der Waals surface area contributed by atoms with E-state index in [0.29, 0.717) is 12.5 Å². The Morgan fingerprint density at radius 1 is 0.968 bits per heavy atom. The normalized spacial score (nSPS) is 19.2. The molecule has 3 nitrogen and oxygen atoms in total. The molecule has 1 amide bonds. The molecule has 1 aliphatic heterocycles. The first-order valence-corrected chi connectivity index (χ1v) is 10.9. The van der Waals surface area contributed by atoms with E-state index in [1.54, 1.807) is 6.07 Å². The van der Waals surface area contributed by atoms with E-state index in [9.17, 15) is 9.18 Å². The molecule has 1 N–H and O–H groups in total. The number of nitrogens with zero attached hydrogens (tertiary/aromatic N) is 1. The number of hydrogen-bond donors (Lipinski definition) is 1. The van der Waals surface area contributed by atoms with E-state index >= 15 is 0 Å². The number of carbonyl (C=O) groups excluding carboxylic acids is 1. The molecule has 3 aromatic rings. The van der Waals surface area contributed by atoms with Crippen LogP contribution in [0.1, 0.15) is 34.6 Å². The highest BCUT2D eigenvalue weighted by Crippen LogP contribution is 2.31. The molecule has 0 unspecified atom stereocenters. The molecule has 3 aromatic carbocycles. The van der Waals surface area contributed by atoms with Gasteiger partial charge in [-0.05, 0) is 48.1 Å². The zero-order valence-electron chi connectivity index (χ0n) is 17.9. The highest BCUT2D eigenvalue weighted by molar-refractivity contribution is 5.79. The fourth-order valence-electron chi connectivity index (χ4n) is 4.50. The van der Waals surface area contributed by atoms with Crippen molar-refractivity contribution in [1.29, 1.82) is 0 Å². The van der Waals surface area contributed by atoms with Gasteiger partial charge in [-0.2, -0.15) is 0 Å². The predicted octanol–water partition coefficient (Wildman–Crippen LogP) is 5.06. The standard InChI is InChI=1S/C27H29FN2O/c1-20-7-5-11-23(13-20)24-15-25(19-30(18-24)17-21-8-3-2-4-9-21)27(31)29-16-22-10-6-12-26(28)14-22/h2-14,24-25H,15-19H2,1H3,(H,29,31)/t24-,25+/m1/s1. The molecule has 1 fully saturated rings. The smallest absolute Gasteiger partial charge is 0.224 e. The molecule has 1 saturated heterocycles. The first-order valence-electron chi connectivity index (χ1n) is 10.9. The number of amides is 1. The Labute approximate surface area is 183 Å². The highest BCUT2D eigenvalue weighted by atomic mass is 19.1. The Kier molecular flexibility index (Phi) is 6.78. The minimum absolute atomic E-state index is 0.0414. The topological polar surface area (TPSA) is 32.3 Å². The monoisotopic (exact) mass is 416 g/mol. The second kappa shape index (κ2) is 9.88. The second-order valence-electron chi connectivity index (χ2n) is 8.57. The van der Waals surface area contributed by atoms with Crippen molar-refractivity contribution in [3.63, 3.8) is 0 Å². The maximum atomic E-state index is 13.5. The molecule has 4 heteroatoms. The van der Waals surface area contributed by atoms with Crippen LogP contribution in [-0.4, -0.2) is 23.9 Å². The summed E-state index contributed by atoms with van der Waals surface area (Å²) in [5.41, 5.74) is 4.57. The van der Waals surface area contributed by atoms with Crippen molar-refractivity contribution in [2.75, 3.05) is 13.1 Å². The van der Waals surface area contributed by atoms with Crippen molar-refractivity contribution in [3.8, 4) is 0 Å². The maximum absolute atomic E-state index is 13.5. The summed E-state index contributed by atoms with van der Waals surface area (Å²) in [6.07, 6.45) is 0.823. The minimum Gasteiger partial charge on any atom is -0.352 e. The second-order valence-corrected chi connectivity index (χ2v) is 8.57. The molecule has 0 radical (unpaired) electrons. The van der Waals surface area contributed by atoms with Crippen LogP contribution in [0.15, 0.2) is 78.9 Å². The van der Waals surface area contributed by atoms with Crippen molar-refractivity contribution in [3.05, 3.63) is 107 Å². The van der Waals surface area contributed by atoms with E-state index in [0.717, 1.165) is 31.6 Å². The Balaban J connectivity index is 1.48. The van der Waals surface area contributed by atoms with Crippen LogP contribution in [0.25, 0.3) is 0 Å². The lowest BCUT2D eigenvalue weighted by atomic mass is 9.83. The number of nitrogens with one attached hydrogen (secondary N) is 1. The summed E-state index contributed by atoms with van der Waals surface area (Å²) in [7, 11) is 0. The van der Waals surface area contributed by atoms with Crippen molar-refractivity contribution < 1.29 is 9.18 Å². The van der Waals surface area contributed by atoms with Gasteiger partial charge in [0.05, 0.1) is 5.92 Å². The molecular formula is C27H29FN2O. The zero-order chi connectivity index (χ0) is 21.6. The summed E-state index contributed by atoms with van der Waals surface area (Å²) < 4.78 is 13.5. The highest BCUT2D eigenvalue weighted by Gasteiger charge is 2.32. The number of piperidine rings is 1. The summed E-state index contributed by atoms with van der Waals surface area (Å²) in [6, 6.07) is 25.4. The van der Waals surface area contributed by atoms with E-state index in [1.807, 2.05) is 12.1 Å². The summed E-state index contributed by atoms with van der Waals surface area (Å²) in [5, 5.41) is 3.03. The molecule has 0 bridgehead atoms. The molecule has 0 spiro atoms. The average molecular weight is 417 g/mol. The van der Waals surface area contributed by atoms with Gasteiger partial charge in [-0.25, -0.2) is 4.39 Å². The van der Waals surface area contributed by atoms with Gasteiger partial charge in [-0.3, -0.25) is 9.69 Å². The summed E-state index contributed by atoms with van der Waals surface area (Å²) in [6.45, 7) is 4.95. The van der Waals surface area contributed by atoms with E-state index in [-0.39, 0.29) is 17.6 Å². The van der Waals surface area contributed by atoms with E-state index in [4.69, 9.17) is 0 Å². The Bertz CT molecular complexity index is 1020. The van der Waals surface area contributed by atoms with Gasteiger partial charge in [0.25, 0.3) is 0 Å². The van der Waals surface area contributed by atoms with E-state index in [1.165, 1.54) is 28.8 Å². The van der Waals surface area contributed by atoms with Gasteiger partial charge < -0.3 is 5.32 Å². The van der Waals surface area contributed by atoms with Crippen LogP contribution in [0.3, 0.4) is 0 Å². The lowest BCUT2D eigenvalue weighted by molar-refractivity contribution is -0.127. The van der Waals surface area contributed by atoms with Gasteiger partial charge in [-0.15, -0.1) is 0 Å². The Morgan fingerprint density at radius 2 is 1.74 bits per heavy atom. The molecule has 4 rings (SSSR count). The third kappa shape index (κ3) is 5.80. The number of aryl methyl sites for hydroxylation is 1. The first kappa shape index (κ1) is 21.3. The molecule has 1 aliphatic rings. The first-order chi connectivity index (χ1) is 15.1. The fourth-order valence-corrected chi connectivity index (χ4v) is 4.50. The lowest BCUT2D eigenvalue weighted by Crippen LogP contribution is -2.45. The SMILES string of the molecule is Cc1cccc([C@@H]2C[C@H](C(=O)NCc3cccc(F)c3)CN(Cc3ccccc3)C2)c1. The van der Waals surface area contributed by atoms with E-state index in [2.05, 4.69) is 65.7 Å². The maximum Gasteiger partial charge on any atom is 0.224 e. The van der Waals surface area contributed by atoms with Gasteiger partial charge in [0.15, 0.2) is 0 Å². The number of likely N-dealkylation sites (tertiary alicyclic amines) is 1. The summed E-state index contributed by atoms with van der Waals surface area (Å²) >= 11 is 0. The molecule has 0 saturated carbocycles. The lowest BCUT2D eigenvalue weighted by Gasteiger charge is -2.37. The van der Waals surface area contributed by atoms with Gasteiger partial charge in [0.1, 0.15) is 5.82 Å². The number of hydrogen-bond acceptors (Lipinski definition) is 2. The van der Waals surface area contributed by atoms with Crippen molar-refractivity contribution in [2.24, 2.45) is 5.92 Å². The molecule has 31 heavy (non-hydrogen) atoms. The van der Waals surface area contributed by atoms with Crippen molar-refractivity contribution >= 4 is 5.91 Å². The number of carbonyl (C=O) groups is 1. The molecular weight excluding hydrogens is 387 g/mol. The van der Waals surface area contributed by atoms with Crippen LogP contribution in [0.2, 0.25) is 0 Å². The molecule has 2 atom stereocenters. The van der Waals surface area contributed by atoms with Gasteiger partial charge in [0.2, 0.25) is 5.91 Å². The number of halogens is 1. The molecule has 160 valence electrons. The van der Waals surface area contributed by atoms with Gasteiger partial charge >= 0.3 is 0 Å². The zero-order valence-corrected chi connectivity index (χ0v) is 17.9. The predicted molar refractivity (Wildman–Crippen MR) is 122 cm³/mol. The minimum atomic E-state index is -0.280. The number of benzene rings is 3. The van der Waals surface area contributed by atoms with Crippen molar-refractivity contribution in [1.82, 2.24) is 10.2 Å². The molecule has 0 aliphatic carbocycles. The van der Waals surface area contributed by atoms with Crippen LogP contribution in [0.4, 0.5) is 4.39 Å². The van der Waals surface area contributed by atoms with Crippen LogP contribution in [-0.2, 0) is 17.9 Å². The Morgan fingerprint density at radius 3 is 2.52 bits per heavy atom. The van der Waals surface area contributed by atoms with E-state index < -0.39 is 0 Å². The number of rotatable bonds is 6. The van der Waals surface area contributed by atoms with Crippen LogP contribution in [0, 0.1) is 18.7 Å². The largest absolute Gasteiger partial charge is 0.352 e. The summed E-state index contributed by atoms with van der Waals surface area (Å²) in [5.74, 6) is -0.0311. The van der Waals surface area contributed by atoms with Crippen LogP contribution >= 0.6 is 0 Å². The summed E-state index contributed by atoms with van der Waals surface area (Å²) in [4.78, 5) is 15.5.